The maximum Gasteiger partial charge on any atom is 0.245 e. The van der Waals surface area contributed by atoms with Crippen LogP contribution in [-0.2, 0) is 10.0 Å². The van der Waals surface area contributed by atoms with Crippen molar-refractivity contribution in [3.8, 4) is 0 Å². The molecule has 3 heterocycles. The van der Waals surface area contributed by atoms with Gasteiger partial charge in [0.2, 0.25) is 10.0 Å². The molecule has 1 saturated heterocycles. The van der Waals surface area contributed by atoms with Crippen LogP contribution in [0.5, 0.6) is 0 Å². The lowest BCUT2D eigenvalue weighted by Crippen LogP contribution is -2.28. The first-order chi connectivity index (χ1) is 11.1. The van der Waals surface area contributed by atoms with Crippen molar-refractivity contribution in [1.29, 1.82) is 0 Å². The molecule has 0 spiro atoms. The first-order valence-corrected chi connectivity index (χ1v) is 9.79. The van der Waals surface area contributed by atoms with E-state index in [1.165, 1.54) is 10.1 Å². The molecule has 0 aliphatic carbocycles. The third kappa shape index (κ3) is 1.83. The number of fused-ring (bicyclic) bond motifs is 4. The molecule has 116 valence electrons. The van der Waals surface area contributed by atoms with Gasteiger partial charge in [-0.3, -0.25) is 0 Å². The summed E-state index contributed by atoms with van der Waals surface area (Å²) in [6, 6.07) is 15.7. The molecule has 2 aliphatic heterocycles. The topological polar surface area (TPSA) is 40.6 Å². The average Bonchev–Trinajstić information content (AvgIpc) is 3.24. The molecular formula is C17H14N2O2S2. The van der Waals surface area contributed by atoms with Gasteiger partial charge < -0.3 is 4.90 Å². The van der Waals surface area contributed by atoms with Gasteiger partial charge in [-0.15, -0.1) is 11.3 Å². The fraction of sp³-hybridized carbons (Fsp3) is 0.176. The molecule has 1 fully saturated rings. The Kier molecular flexibility index (Phi) is 2.69. The lowest BCUT2D eigenvalue weighted by Gasteiger charge is -2.19. The first-order valence-electron chi connectivity index (χ1n) is 7.47. The highest BCUT2D eigenvalue weighted by molar-refractivity contribution is 7.89. The molecule has 0 radical (unpaired) electrons. The van der Waals surface area contributed by atoms with E-state index in [0.29, 0.717) is 18.1 Å². The molecule has 2 aliphatic rings. The molecule has 3 aromatic rings. The van der Waals surface area contributed by atoms with Gasteiger partial charge in [-0.2, -0.15) is 4.31 Å². The van der Waals surface area contributed by atoms with Crippen LogP contribution in [0.25, 0.3) is 10.1 Å². The molecule has 1 aromatic heterocycles. The quantitative estimate of drug-likeness (QED) is 0.680. The number of sulfonamides is 1. The highest BCUT2D eigenvalue weighted by Gasteiger charge is 2.47. The van der Waals surface area contributed by atoms with Gasteiger partial charge in [0.1, 0.15) is 0 Å². The van der Waals surface area contributed by atoms with Crippen LogP contribution >= 0.6 is 11.3 Å². The molecule has 0 saturated carbocycles. The highest BCUT2D eigenvalue weighted by Crippen LogP contribution is 2.44. The monoisotopic (exact) mass is 342 g/mol. The van der Waals surface area contributed by atoms with E-state index in [9.17, 15) is 8.42 Å². The Bertz CT molecular complexity index is 1030. The number of hydrogen-bond acceptors (Lipinski definition) is 4. The van der Waals surface area contributed by atoms with E-state index in [4.69, 9.17) is 0 Å². The zero-order chi connectivity index (χ0) is 15.6. The van der Waals surface area contributed by atoms with E-state index in [-0.39, 0.29) is 6.04 Å². The van der Waals surface area contributed by atoms with Crippen molar-refractivity contribution in [2.45, 2.75) is 10.9 Å². The van der Waals surface area contributed by atoms with Crippen LogP contribution in [0, 0.1) is 0 Å². The van der Waals surface area contributed by atoms with Crippen molar-refractivity contribution >= 4 is 37.1 Å². The highest BCUT2D eigenvalue weighted by atomic mass is 32.2. The molecule has 6 heteroatoms. The molecule has 1 atom stereocenters. The second-order valence-corrected chi connectivity index (χ2v) is 8.76. The Morgan fingerprint density at radius 2 is 1.96 bits per heavy atom. The van der Waals surface area contributed by atoms with Gasteiger partial charge >= 0.3 is 0 Å². The molecule has 1 unspecified atom stereocenters. The van der Waals surface area contributed by atoms with Crippen LogP contribution in [-0.4, -0.2) is 25.9 Å². The van der Waals surface area contributed by atoms with E-state index in [0.717, 1.165) is 11.3 Å². The van der Waals surface area contributed by atoms with Gasteiger partial charge in [0.25, 0.3) is 0 Å². The summed E-state index contributed by atoms with van der Waals surface area (Å²) in [5.74, 6) is 0. The fourth-order valence-electron chi connectivity index (χ4n) is 3.58. The number of anilines is 1. The number of thiophene rings is 1. The molecule has 23 heavy (non-hydrogen) atoms. The molecule has 4 nitrogen and oxygen atoms in total. The molecular weight excluding hydrogens is 328 g/mol. The molecule has 5 rings (SSSR count). The van der Waals surface area contributed by atoms with Crippen LogP contribution < -0.4 is 4.90 Å². The lowest BCUT2D eigenvalue weighted by molar-refractivity contribution is 0.426. The fourth-order valence-corrected chi connectivity index (χ4v) is 6.16. The molecule has 0 amide bonds. The van der Waals surface area contributed by atoms with Gasteiger partial charge in [-0.1, -0.05) is 18.2 Å². The lowest BCUT2D eigenvalue weighted by atomic mass is 10.1. The van der Waals surface area contributed by atoms with Crippen molar-refractivity contribution in [2.75, 3.05) is 18.1 Å². The second-order valence-electron chi connectivity index (χ2n) is 5.95. The van der Waals surface area contributed by atoms with E-state index in [1.54, 1.807) is 27.8 Å². The predicted molar refractivity (Wildman–Crippen MR) is 92.2 cm³/mol. The van der Waals surface area contributed by atoms with E-state index in [2.05, 4.69) is 34.5 Å². The van der Waals surface area contributed by atoms with Crippen molar-refractivity contribution in [3.63, 3.8) is 0 Å². The van der Waals surface area contributed by atoms with E-state index >= 15 is 0 Å². The van der Waals surface area contributed by atoms with Crippen molar-refractivity contribution in [2.24, 2.45) is 0 Å². The normalized spacial score (nSPS) is 22.4. The summed E-state index contributed by atoms with van der Waals surface area (Å²) in [5.41, 5.74) is 2.00. The van der Waals surface area contributed by atoms with Crippen molar-refractivity contribution in [3.05, 3.63) is 59.5 Å². The zero-order valence-electron chi connectivity index (χ0n) is 12.2. The number of rotatable bonds is 1. The van der Waals surface area contributed by atoms with Crippen LogP contribution in [0.2, 0.25) is 0 Å². The summed E-state index contributed by atoms with van der Waals surface area (Å²) >= 11 is 1.72. The summed E-state index contributed by atoms with van der Waals surface area (Å²) in [4.78, 5) is 2.62. The zero-order valence-corrected chi connectivity index (χ0v) is 13.8. The average molecular weight is 342 g/mol. The minimum atomic E-state index is -3.36. The molecule has 2 aromatic carbocycles. The molecule has 0 N–H and O–H groups in total. The maximum absolute atomic E-state index is 12.7. The Morgan fingerprint density at radius 3 is 2.87 bits per heavy atom. The first kappa shape index (κ1) is 13.5. The Labute approximate surface area is 138 Å². The Hall–Kier alpha value is -1.89. The van der Waals surface area contributed by atoms with Gasteiger partial charge in [0.05, 0.1) is 17.6 Å². The summed E-state index contributed by atoms with van der Waals surface area (Å²) in [5, 5.41) is 3.29. The van der Waals surface area contributed by atoms with Gasteiger partial charge in [-0.05, 0) is 46.7 Å². The number of benzene rings is 2. The van der Waals surface area contributed by atoms with Gasteiger partial charge in [0, 0.05) is 16.9 Å². The molecule has 0 bridgehead atoms. The van der Waals surface area contributed by atoms with Crippen molar-refractivity contribution in [1.82, 2.24) is 4.31 Å². The smallest absolute Gasteiger partial charge is 0.245 e. The minimum absolute atomic E-state index is 0.0747. The van der Waals surface area contributed by atoms with Crippen LogP contribution in [0.3, 0.4) is 0 Å². The van der Waals surface area contributed by atoms with Crippen LogP contribution in [0.15, 0.2) is 58.8 Å². The van der Waals surface area contributed by atoms with Gasteiger partial charge in [-0.25, -0.2) is 8.42 Å². The standard InChI is InChI=1S/C17H14N2O2S2/c20-23(21)17-4-2-1-3-14(17)15-10-18(11-19(15)23)13-5-6-16-12(9-13)7-8-22-16/h1-9,15H,10-11H2. The summed E-state index contributed by atoms with van der Waals surface area (Å²) in [7, 11) is -3.36. The van der Waals surface area contributed by atoms with E-state index < -0.39 is 10.0 Å². The van der Waals surface area contributed by atoms with E-state index in [1.807, 2.05) is 12.1 Å². The largest absolute Gasteiger partial charge is 0.355 e. The van der Waals surface area contributed by atoms with Crippen molar-refractivity contribution < 1.29 is 8.42 Å². The second kappa shape index (κ2) is 4.56. The minimum Gasteiger partial charge on any atom is -0.355 e. The predicted octanol–water partition coefficient (Wildman–Crippen LogP) is 3.42. The third-order valence-corrected chi connectivity index (χ3v) is 7.53. The Morgan fingerprint density at radius 1 is 1.09 bits per heavy atom. The summed E-state index contributed by atoms with van der Waals surface area (Å²) in [6.07, 6.45) is 0. The number of nitrogens with zero attached hydrogens (tertiary/aromatic N) is 2. The van der Waals surface area contributed by atoms with Crippen LogP contribution in [0.1, 0.15) is 11.6 Å². The summed E-state index contributed by atoms with van der Waals surface area (Å²) < 4.78 is 28.3. The van der Waals surface area contributed by atoms with Gasteiger partial charge in [0.15, 0.2) is 0 Å². The van der Waals surface area contributed by atoms with Crippen LogP contribution in [0.4, 0.5) is 5.69 Å². The third-order valence-electron chi connectivity index (χ3n) is 4.72. The Balaban J connectivity index is 1.56. The summed E-state index contributed by atoms with van der Waals surface area (Å²) in [6.45, 7) is 1.11. The SMILES string of the molecule is O=S1(=O)c2ccccc2C2CN(c3ccc4sccc4c3)CN21. The maximum atomic E-state index is 12.7. The number of hydrogen-bond donors (Lipinski definition) is 0.